The molecule has 1 saturated carbocycles. The van der Waals surface area contributed by atoms with Gasteiger partial charge in [-0.1, -0.05) is 129 Å². The average Bonchev–Trinajstić information content (AvgIpc) is 3.07. The minimum atomic E-state index is -0.656. The molecule has 1 aliphatic rings. The number of hydrogen-bond acceptors (Lipinski definition) is 5. The van der Waals surface area contributed by atoms with Crippen molar-refractivity contribution in [2.45, 2.75) is 169 Å². The Hall–Kier alpha value is -1.91. The smallest absolute Gasteiger partial charge is 0.417 e. The summed E-state index contributed by atoms with van der Waals surface area (Å²) in [7, 11) is 0. The first-order chi connectivity index (χ1) is 22.4. The SMILES string of the molecule is CCCCCCCCCCCCCCCCCCNC(=O)OCC1(COC(=O)N(Cc2cccc[n+]2CC)C(C)=O)CCCCC1.[I-]. The van der Waals surface area contributed by atoms with Gasteiger partial charge in [-0.2, -0.15) is 0 Å². The molecule has 0 aliphatic heterocycles. The van der Waals surface area contributed by atoms with E-state index in [0.717, 1.165) is 62.1 Å². The fraction of sp³-hybridized carbons (Fsp3) is 0.789. The molecule has 0 aromatic carbocycles. The predicted octanol–water partition coefficient (Wildman–Crippen LogP) is 6.42. The Bertz CT molecular complexity index is 986. The van der Waals surface area contributed by atoms with Gasteiger partial charge in [0.1, 0.15) is 26.3 Å². The van der Waals surface area contributed by atoms with Gasteiger partial charge in [-0.05, 0) is 26.2 Å². The van der Waals surface area contributed by atoms with Crippen LogP contribution in [0.15, 0.2) is 24.4 Å². The summed E-state index contributed by atoms with van der Waals surface area (Å²) in [5, 5.41) is 2.90. The van der Waals surface area contributed by atoms with Crippen molar-refractivity contribution in [2.75, 3.05) is 19.8 Å². The van der Waals surface area contributed by atoms with Crippen LogP contribution >= 0.6 is 0 Å². The van der Waals surface area contributed by atoms with Gasteiger partial charge in [0.05, 0.1) is 0 Å². The Balaban J connectivity index is 0.0000110. The monoisotopic (exact) mass is 771 g/mol. The van der Waals surface area contributed by atoms with Crippen molar-refractivity contribution < 1.29 is 52.4 Å². The highest BCUT2D eigenvalue weighted by molar-refractivity contribution is 5.90. The second kappa shape index (κ2) is 27.0. The third-order valence-electron chi connectivity index (χ3n) is 9.52. The lowest BCUT2D eigenvalue weighted by molar-refractivity contribution is -0.701. The quantitative estimate of drug-likeness (QED) is 0.0745. The molecule has 1 fully saturated rings. The number of halogens is 1. The van der Waals surface area contributed by atoms with E-state index < -0.39 is 17.6 Å². The highest BCUT2D eigenvalue weighted by Gasteiger charge is 2.36. The van der Waals surface area contributed by atoms with Crippen molar-refractivity contribution >= 4 is 18.1 Å². The van der Waals surface area contributed by atoms with E-state index >= 15 is 0 Å². The molecule has 0 bridgehead atoms. The number of aryl methyl sites for hydroxylation is 1. The van der Waals surface area contributed by atoms with Gasteiger partial charge < -0.3 is 38.8 Å². The molecule has 1 aromatic heterocycles. The summed E-state index contributed by atoms with van der Waals surface area (Å²) in [6, 6.07) is 5.72. The van der Waals surface area contributed by atoms with Gasteiger partial charge >= 0.3 is 12.2 Å². The maximum atomic E-state index is 13.0. The van der Waals surface area contributed by atoms with E-state index in [-0.39, 0.29) is 49.6 Å². The summed E-state index contributed by atoms with van der Waals surface area (Å²) in [6.07, 6.45) is 26.8. The molecule has 2 rings (SSSR count). The molecule has 1 heterocycles. The fourth-order valence-corrected chi connectivity index (χ4v) is 6.49. The average molecular weight is 772 g/mol. The number of hydrogen-bond donors (Lipinski definition) is 1. The Labute approximate surface area is 303 Å². The number of pyridine rings is 1. The minimum absolute atomic E-state index is 0. The zero-order valence-corrected chi connectivity index (χ0v) is 32.2. The van der Waals surface area contributed by atoms with Crippen molar-refractivity contribution in [2.24, 2.45) is 5.41 Å². The molecular formula is C38H66IN3O5. The van der Waals surface area contributed by atoms with Gasteiger partial charge in [-0.3, -0.25) is 4.79 Å². The number of amides is 3. The van der Waals surface area contributed by atoms with Gasteiger partial charge in [0.2, 0.25) is 11.6 Å². The van der Waals surface area contributed by atoms with Crippen molar-refractivity contribution in [1.29, 1.82) is 0 Å². The Morgan fingerprint density at radius 2 is 1.30 bits per heavy atom. The van der Waals surface area contributed by atoms with Crippen LogP contribution in [0.3, 0.4) is 0 Å². The van der Waals surface area contributed by atoms with Crippen molar-refractivity contribution in [3.05, 3.63) is 30.1 Å². The number of alkyl carbamates (subject to hydrolysis) is 1. The number of ether oxygens (including phenoxy) is 2. The lowest BCUT2D eigenvalue weighted by Gasteiger charge is -2.36. The van der Waals surface area contributed by atoms with E-state index in [0.29, 0.717) is 6.54 Å². The first-order valence-electron chi connectivity index (χ1n) is 18.7. The first-order valence-corrected chi connectivity index (χ1v) is 18.7. The first kappa shape index (κ1) is 43.1. The van der Waals surface area contributed by atoms with E-state index in [4.69, 9.17) is 9.47 Å². The number of carbonyl (C=O) groups excluding carboxylic acids is 3. The Morgan fingerprint density at radius 3 is 1.83 bits per heavy atom. The molecule has 270 valence electrons. The number of carbonyl (C=O) groups is 3. The number of imide groups is 1. The molecule has 1 N–H and O–H groups in total. The minimum Gasteiger partial charge on any atom is -1.00 e. The maximum Gasteiger partial charge on any atom is 0.417 e. The van der Waals surface area contributed by atoms with Crippen molar-refractivity contribution in [3.63, 3.8) is 0 Å². The lowest BCUT2D eigenvalue weighted by atomic mass is 9.75. The van der Waals surface area contributed by atoms with Gasteiger partial charge in [-0.15, -0.1) is 0 Å². The molecule has 9 heteroatoms. The van der Waals surface area contributed by atoms with Gasteiger partial charge in [0.15, 0.2) is 6.20 Å². The summed E-state index contributed by atoms with van der Waals surface area (Å²) in [6.45, 7) is 7.51. The second-order valence-electron chi connectivity index (χ2n) is 13.5. The van der Waals surface area contributed by atoms with Crippen LogP contribution in [-0.2, 0) is 27.4 Å². The van der Waals surface area contributed by atoms with Gasteiger partial charge in [-0.25, -0.2) is 19.1 Å². The van der Waals surface area contributed by atoms with E-state index in [1.165, 1.54) is 96.8 Å². The molecule has 0 saturated heterocycles. The van der Waals surface area contributed by atoms with E-state index in [2.05, 4.69) is 12.2 Å². The van der Waals surface area contributed by atoms with Crippen LogP contribution in [-0.4, -0.2) is 42.8 Å². The molecule has 47 heavy (non-hydrogen) atoms. The normalized spacial score (nSPS) is 13.8. The number of nitrogens with one attached hydrogen (secondary N) is 1. The van der Waals surface area contributed by atoms with Crippen molar-refractivity contribution in [3.8, 4) is 0 Å². The zero-order valence-electron chi connectivity index (χ0n) is 30.0. The van der Waals surface area contributed by atoms with E-state index in [9.17, 15) is 14.4 Å². The summed E-state index contributed by atoms with van der Waals surface area (Å²) in [5.41, 5.74) is 0.437. The molecule has 0 unspecified atom stereocenters. The molecule has 0 atom stereocenters. The number of rotatable bonds is 24. The van der Waals surface area contributed by atoms with Crippen LogP contribution in [0.25, 0.3) is 0 Å². The van der Waals surface area contributed by atoms with Gasteiger partial charge in [0, 0.05) is 31.0 Å². The van der Waals surface area contributed by atoms with Crippen LogP contribution in [0, 0.1) is 5.41 Å². The van der Waals surface area contributed by atoms with Crippen LogP contribution in [0.5, 0.6) is 0 Å². The fourth-order valence-electron chi connectivity index (χ4n) is 6.49. The highest BCUT2D eigenvalue weighted by atomic mass is 127. The molecule has 3 amide bonds. The van der Waals surface area contributed by atoms with Crippen LogP contribution in [0.1, 0.15) is 161 Å². The van der Waals surface area contributed by atoms with Crippen LogP contribution in [0.4, 0.5) is 9.59 Å². The predicted molar refractivity (Wildman–Crippen MR) is 184 cm³/mol. The van der Waals surface area contributed by atoms with Crippen LogP contribution in [0.2, 0.25) is 0 Å². The summed E-state index contributed by atoms with van der Waals surface area (Å²) < 4.78 is 13.4. The Kier molecular flexibility index (Phi) is 24.7. The maximum absolute atomic E-state index is 13.0. The molecule has 1 aromatic rings. The number of unbranched alkanes of at least 4 members (excludes halogenated alkanes) is 15. The lowest BCUT2D eigenvalue weighted by Crippen LogP contribution is -3.00. The summed E-state index contributed by atoms with van der Waals surface area (Å²) in [5.74, 6) is -0.362. The molecular weight excluding hydrogens is 705 g/mol. The van der Waals surface area contributed by atoms with E-state index in [1.54, 1.807) is 0 Å². The highest BCUT2D eigenvalue weighted by Crippen LogP contribution is 2.37. The topological polar surface area (TPSA) is 88.8 Å². The second-order valence-corrected chi connectivity index (χ2v) is 13.5. The van der Waals surface area contributed by atoms with Gasteiger partial charge in [0.25, 0.3) is 0 Å². The molecule has 0 spiro atoms. The third-order valence-corrected chi connectivity index (χ3v) is 9.52. The largest absolute Gasteiger partial charge is 1.00 e. The Morgan fingerprint density at radius 1 is 0.766 bits per heavy atom. The summed E-state index contributed by atoms with van der Waals surface area (Å²) in [4.78, 5) is 39.1. The molecule has 0 radical (unpaired) electrons. The van der Waals surface area contributed by atoms with Crippen LogP contribution < -0.4 is 33.9 Å². The standard InChI is InChI=1S/C38H65N3O5.HI/c1-4-6-7-8-9-10-11-12-13-14-15-16-17-18-19-24-29-39-36(43)45-32-38(27-22-20-23-28-38)33-46-37(44)41(34(3)42)31-35-26-21-25-30-40(35)5-2;/h21,25-26,30H,4-20,22-24,27-29,31-33H2,1-3H3;1H. The third kappa shape index (κ3) is 19.0. The number of aromatic nitrogens is 1. The van der Waals surface area contributed by atoms with E-state index in [1.807, 2.05) is 35.9 Å². The number of nitrogens with zero attached hydrogens (tertiary/aromatic N) is 2. The van der Waals surface area contributed by atoms with Crippen molar-refractivity contribution in [1.82, 2.24) is 10.2 Å². The molecule has 1 aliphatic carbocycles. The molecule has 8 nitrogen and oxygen atoms in total. The summed E-state index contributed by atoms with van der Waals surface area (Å²) >= 11 is 0. The zero-order chi connectivity index (χ0) is 33.3.